The van der Waals surface area contributed by atoms with Gasteiger partial charge in [0.05, 0.1) is 17.5 Å². The van der Waals surface area contributed by atoms with Gasteiger partial charge in [0.2, 0.25) is 5.91 Å². The van der Waals surface area contributed by atoms with Crippen LogP contribution in [0.1, 0.15) is 13.8 Å². The van der Waals surface area contributed by atoms with Crippen molar-refractivity contribution in [2.75, 3.05) is 22.2 Å². The third-order valence-electron chi connectivity index (χ3n) is 2.81. The van der Waals surface area contributed by atoms with Crippen molar-refractivity contribution in [3.8, 4) is 0 Å². The highest BCUT2D eigenvalue weighted by Crippen LogP contribution is 2.30. The molecule has 0 saturated carbocycles. The molecule has 2 amide bonds. The lowest BCUT2D eigenvalue weighted by molar-refractivity contribution is -0.117. The van der Waals surface area contributed by atoms with Gasteiger partial charge in [-0.3, -0.25) is 9.00 Å². The Bertz CT molecular complexity index is 591. The summed E-state index contributed by atoms with van der Waals surface area (Å²) in [4.78, 5) is 29.8. The highest BCUT2D eigenvalue weighted by atomic mass is 32.2. The van der Waals surface area contributed by atoms with Gasteiger partial charge >= 0.3 is 6.09 Å². The second kappa shape index (κ2) is 6.21. The molecule has 0 spiro atoms. The normalized spacial score (nSPS) is 19.0. The van der Waals surface area contributed by atoms with Crippen LogP contribution in [0, 0.1) is 0 Å². The summed E-state index contributed by atoms with van der Waals surface area (Å²) in [5, 5.41) is 2.67. The molecule has 1 aromatic heterocycles. The Morgan fingerprint density at radius 2 is 2.29 bits per heavy atom. The van der Waals surface area contributed by atoms with E-state index in [4.69, 9.17) is 4.74 Å². The number of nitrogens with one attached hydrogen (secondary N) is 1. The van der Waals surface area contributed by atoms with E-state index in [1.54, 1.807) is 26.0 Å². The van der Waals surface area contributed by atoms with Gasteiger partial charge in [0.25, 0.3) is 0 Å². The van der Waals surface area contributed by atoms with Crippen LogP contribution in [0.25, 0.3) is 0 Å². The molecular weight excluding hydrogens is 294 g/mol. The number of hydrogen-bond acceptors (Lipinski definition) is 5. The van der Waals surface area contributed by atoms with Crippen LogP contribution < -0.4 is 10.2 Å². The Morgan fingerprint density at radius 3 is 2.90 bits per heavy atom. The summed E-state index contributed by atoms with van der Waals surface area (Å²) in [6.45, 7) is 3.43. The summed E-state index contributed by atoms with van der Waals surface area (Å²) in [6.07, 6.45) is 2.00. The van der Waals surface area contributed by atoms with Gasteiger partial charge in [0.1, 0.15) is 6.04 Å². The Balaban J connectivity index is 2.43. The van der Waals surface area contributed by atoms with Gasteiger partial charge in [-0.05, 0) is 26.0 Å². The van der Waals surface area contributed by atoms with Crippen LogP contribution in [0.15, 0.2) is 18.3 Å². The summed E-state index contributed by atoms with van der Waals surface area (Å²) < 4.78 is 16.7. The predicted octanol–water partition coefficient (Wildman–Crippen LogP) is 1.13. The lowest BCUT2D eigenvalue weighted by Gasteiger charge is -2.34. The lowest BCUT2D eigenvalue weighted by atomic mass is 10.2. The number of hydrogen-bond donors (Lipinski definition) is 1. The molecule has 8 heteroatoms. The lowest BCUT2D eigenvalue weighted by Crippen LogP contribution is -2.54. The first-order valence-corrected chi connectivity index (χ1v) is 8.18. The number of carbonyl (C=O) groups excluding carboxylic acids is 2. The Morgan fingerprint density at radius 1 is 1.57 bits per heavy atom. The van der Waals surface area contributed by atoms with Crippen molar-refractivity contribution < 1.29 is 18.5 Å². The second-order valence-corrected chi connectivity index (χ2v) is 6.40. The van der Waals surface area contributed by atoms with Gasteiger partial charge in [0.15, 0.2) is 5.82 Å². The topological polar surface area (TPSA) is 88.6 Å². The average molecular weight is 311 g/mol. The van der Waals surface area contributed by atoms with E-state index in [1.807, 2.05) is 0 Å². The molecular formula is C13H17N3O4S. The third kappa shape index (κ3) is 3.38. The smallest absolute Gasteiger partial charge is 0.416 e. The van der Waals surface area contributed by atoms with Crippen LogP contribution in [0.4, 0.5) is 16.3 Å². The number of pyridine rings is 1. The number of nitrogens with zero attached hydrogens (tertiary/aromatic N) is 2. The van der Waals surface area contributed by atoms with Gasteiger partial charge < -0.3 is 10.1 Å². The minimum atomic E-state index is -1.25. The molecule has 2 heterocycles. The first kappa shape index (κ1) is 15.4. The quantitative estimate of drug-likeness (QED) is 0.904. The average Bonchev–Trinajstić information content (AvgIpc) is 2.38. The molecule has 0 saturated heterocycles. The summed E-state index contributed by atoms with van der Waals surface area (Å²) in [5.41, 5.74) is 0.432. The van der Waals surface area contributed by atoms with Crippen molar-refractivity contribution in [2.45, 2.75) is 26.0 Å². The molecule has 7 nitrogen and oxygen atoms in total. The van der Waals surface area contributed by atoms with Crippen molar-refractivity contribution in [1.82, 2.24) is 4.98 Å². The van der Waals surface area contributed by atoms with Crippen molar-refractivity contribution in [1.29, 1.82) is 0 Å². The molecule has 1 aromatic rings. The van der Waals surface area contributed by atoms with Crippen LogP contribution in [0.2, 0.25) is 0 Å². The van der Waals surface area contributed by atoms with E-state index < -0.39 is 28.8 Å². The van der Waals surface area contributed by atoms with Crippen molar-refractivity contribution in [3.05, 3.63) is 18.3 Å². The second-order valence-electron chi connectivity index (χ2n) is 4.92. The van der Waals surface area contributed by atoms with Crippen LogP contribution in [0.5, 0.6) is 0 Å². The van der Waals surface area contributed by atoms with E-state index in [9.17, 15) is 13.8 Å². The fraction of sp³-hybridized carbons (Fsp3) is 0.462. The minimum Gasteiger partial charge on any atom is -0.446 e. The van der Waals surface area contributed by atoms with E-state index in [2.05, 4.69) is 10.3 Å². The number of carbonyl (C=O) groups is 2. The maximum Gasteiger partial charge on any atom is 0.416 e. The summed E-state index contributed by atoms with van der Waals surface area (Å²) >= 11 is 0. The number of fused-ring (bicyclic) bond motifs is 1. The molecule has 21 heavy (non-hydrogen) atoms. The van der Waals surface area contributed by atoms with Gasteiger partial charge in [-0.2, -0.15) is 0 Å². The fourth-order valence-corrected chi connectivity index (χ4v) is 2.76. The summed E-state index contributed by atoms with van der Waals surface area (Å²) in [5.74, 6) is -0.0701. The van der Waals surface area contributed by atoms with Gasteiger partial charge in [-0.15, -0.1) is 0 Å². The third-order valence-corrected chi connectivity index (χ3v) is 3.60. The van der Waals surface area contributed by atoms with Crippen molar-refractivity contribution >= 4 is 34.3 Å². The molecule has 0 bridgehead atoms. The highest BCUT2D eigenvalue weighted by molar-refractivity contribution is 7.84. The SMILES string of the molecule is CC(C)OC(=O)N1c2ncccc2NC(=O)C1CS(C)=O. The number of amides is 2. The van der Waals surface area contributed by atoms with Crippen molar-refractivity contribution in [3.63, 3.8) is 0 Å². The van der Waals surface area contributed by atoms with E-state index >= 15 is 0 Å². The molecule has 1 aliphatic heterocycles. The predicted molar refractivity (Wildman–Crippen MR) is 79.7 cm³/mol. The molecule has 2 unspecified atom stereocenters. The maximum atomic E-state index is 12.3. The Hall–Kier alpha value is -1.96. The molecule has 1 aliphatic rings. The first-order chi connectivity index (χ1) is 9.90. The molecule has 114 valence electrons. The van der Waals surface area contributed by atoms with Gasteiger partial charge in [0, 0.05) is 23.3 Å². The molecule has 0 aliphatic carbocycles. The zero-order valence-electron chi connectivity index (χ0n) is 12.0. The van der Waals surface area contributed by atoms with Gasteiger partial charge in [-0.1, -0.05) is 0 Å². The van der Waals surface area contributed by atoms with Crippen LogP contribution >= 0.6 is 0 Å². The number of anilines is 2. The van der Waals surface area contributed by atoms with E-state index in [-0.39, 0.29) is 11.9 Å². The molecule has 0 aromatic carbocycles. The molecule has 0 radical (unpaired) electrons. The molecule has 2 atom stereocenters. The highest BCUT2D eigenvalue weighted by Gasteiger charge is 2.39. The first-order valence-electron chi connectivity index (χ1n) is 6.46. The summed E-state index contributed by atoms with van der Waals surface area (Å²) in [6, 6.07) is 2.41. The van der Waals surface area contributed by atoms with Crippen LogP contribution in [0.3, 0.4) is 0 Å². The zero-order chi connectivity index (χ0) is 15.6. The Labute approximate surface area is 125 Å². The zero-order valence-corrected chi connectivity index (χ0v) is 12.8. The van der Waals surface area contributed by atoms with E-state index in [0.717, 1.165) is 0 Å². The standard InChI is InChI=1S/C13H17N3O4S/c1-8(2)20-13(18)16-10(7-21(3)19)12(17)15-9-5-4-6-14-11(9)16/h4-6,8,10H,7H2,1-3H3,(H,15,17). The number of aromatic nitrogens is 1. The maximum absolute atomic E-state index is 12.3. The summed E-state index contributed by atoms with van der Waals surface area (Å²) in [7, 11) is -1.25. The number of ether oxygens (including phenoxy) is 1. The van der Waals surface area contributed by atoms with Crippen LogP contribution in [-0.4, -0.2) is 45.3 Å². The largest absolute Gasteiger partial charge is 0.446 e. The van der Waals surface area contributed by atoms with Crippen LogP contribution in [-0.2, 0) is 20.3 Å². The monoisotopic (exact) mass is 311 g/mol. The Kier molecular flexibility index (Phi) is 4.56. The van der Waals surface area contributed by atoms with Gasteiger partial charge in [-0.25, -0.2) is 14.7 Å². The molecule has 0 fully saturated rings. The molecule has 2 rings (SSSR count). The van der Waals surface area contributed by atoms with Crippen molar-refractivity contribution in [2.24, 2.45) is 0 Å². The van der Waals surface area contributed by atoms with E-state index in [1.165, 1.54) is 17.4 Å². The minimum absolute atomic E-state index is 0.0229. The van der Waals surface area contributed by atoms with E-state index in [0.29, 0.717) is 11.5 Å². The fourth-order valence-electron chi connectivity index (χ4n) is 2.01. The number of rotatable bonds is 3. The molecule has 1 N–H and O–H groups in total.